The number of para-hydroxylation sites is 3. The topological polar surface area (TPSA) is 67.6 Å². The van der Waals surface area contributed by atoms with E-state index in [9.17, 15) is 0 Å². The molecular weight excluding hydrogens is 877 g/mol. The maximum atomic E-state index is 6.62. The van der Waals surface area contributed by atoms with Crippen molar-refractivity contribution in [3.8, 4) is 27.9 Å². The van der Waals surface area contributed by atoms with Crippen molar-refractivity contribution in [2.24, 2.45) is 4.99 Å². The Morgan fingerprint density at radius 1 is 0.429 bits per heavy atom. The minimum atomic E-state index is -0.280. The van der Waals surface area contributed by atoms with Crippen molar-refractivity contribution in [3.05, 3.63) is 235 Å². The number of thiophene rings is 1. The molecule has 1 aliphatic heterocycles. The van der Waals surface area contributed by atoms with Gasteiger partial charge in [0, 0.05) is 63.7 Å². The van der Waals surface area contributed by atoms with Crippen LogP contribution in [0, 0.1) is 0 Å². The Morgan fingerprint density at radius 2 is 1.10 bits per heavy atom. The van der Waals surface area contributed by atoms with Crippen LogP contribution in [0.5, 0.6) is 0 Å². The number of nitrogens with zero attached hydrogens (tertiary/aromatic N) is 2. The molecule has 0 aliphatic carbocycles. The summed E-state index contributed by atoms with van der Waals surface area (Å²) in [5.41, 5.74) is 14.8. The molecule has 0 saturated heterocycles. The Kier molecular flexibility index (Phi) is 8.63. The number of rotatable bonds is 6. The molecule has 0 bridgehead atoms. The van der Waals surface area contributed by atoms with Gasteiger partial charge in [-0.2, -0.15) is 0 Å². The number of fused-ring (bicyclic) bond motifs is 12. The van der Waals surface area contributed by atoms with E-state index in [1.165, 1.54) is 53.1 Å². The van der Waals surface area contributed by atoms with Crippen LogP contribution in [0.15, 0.2) is 232 Å². The average molecular weight is 917 g/mol. The molecule has 10 aromatic carbocycles. The van der Waals surface area contributed by atoms with Gasteiger partial charge < -0.3 is 18.7 Å². The normalized spacial score (nSPS) is 15.3. The number of aliphatic imine (C=N–C) groups is 1. The summed E-state index contributed by atoms with van der Waals surface area (Å²) in [5, 5.41) is 17.1. The lowest BCUT2D eigenvalue weighted by atomic mass is 9.95. The number of amidine groups is 1. The third kappa shape index (κ3) is 6.12. The van der Waals surface area contributed by atoms with Crippen molar-refractivity contribution in [3.63, 3.8) is 0 Å². The maximum absolute atomic E-state index is 6.62. The van der Waals surface area contributed by atoms with E-state index < -0.39 is 0 Å². The number of furan rings is 2. The number of hydrogen-bond acceptors (Lipinski definition) is 6. The highest BCUT2D eigenvalue weighted by Crippen LogP contribution is 2.44. The molecule has 0 amide bonds. The molecule has 0 fully saturated rings. The number of benzene rings is 10. The fourth-order valence-corrected chi connectivity index (χ4v) is 12.2. The lowest BCUT2D eigenvalue weighted by molar-refractivity contribution is 0.411. The van der Waals surface area contributed by atoms with Gasteiger partial charge in [-0.25, -0.2) is 4.99 Å². The molecule has 1 aliphatic rings. The zero-order valence-electron chi connectivity index (χ0n) is 37.6. The highest BCUT2D eigenvalue weighted by atomic mass is 32.1. The van der Waals surface area contributed by atoms with Gasteiger partial charge in [0.05, 0.1) is 11.0 Å². The summed E-state index contributed by atoms with van der Waals surface area (Å²) >= 11 is 1.83. The quantitative estimate of drug-likeness (QED) is 0.174. The molecule has 4 aromatic heterocycles. The van der Waals surface area contributed by atoms with Gasteiger partial charge in [-0.05, 0) is 118 Å². The Hall–Kier alpha value is -8.75. The summed E-state index contributed by atoms with van der Waals surface area (Å²) in [4.78, 5) is 5.30. The summed E-state index contributed by atoms with van der Waals surface area (Å²) < 4.78 is 17.8. The third-order valence-corrected chi connectivity index (χ3v) is 15.4. The fraction of sp³-hybridized carbons (Fsp3) is 0.0317. The second kappa shape index (κ2) is 15.4. The van der Waals surface area contributed by atoms with Crippen LogP contribution < -0.4 is 10.6 Å². The zero-order valence-corrected chi connectivity index (χ0v) is 38.4. The average Bonchev–Trinajstić information content (AvgIpc) is 4.19. The molecule has 0 radical (unpaired) electrons. The van der Waals surface area contributed by atoms with Gasteiger partial charge in [-0.15, -0.1) is 11.3 Å². The van der Waals surface area contributed by atoms with Crippen LogP contribution >= 0.6 is 11.3 Å². The molecular formula is C63H40N4O2S. The van der Waals surface area contributed by atoms with Crippen molar-refractivity contribution < 1.29 is 8.83 Å². The van der Waals surface area contributed by atoms with Crippen molar-refractivity contribution in [1.29, 1.82) is 0 Å². The highest BCUT2D eigenvalue weighted by molar-refractivity contribution is 7.25. The van der Waals surface area contributed by atoms with E-state index in [1.807, 2.05) is 23.5 Å². The minimum absolute atomic E-state index is 0.247. The van der Waals surface area contributed by atoms with Crippen molar-refractivity contribution >= 4 is 103 Å². The molecule has 70 heavy (non-hydrogen) atoms. The molecule has 15 rings (SSSR count). The second-order valence-electron chi connectivity index (χ2n) is 18.3. The van der Waals surface area contributed by atoms with Gasteiger partial charge >= 0.3 is 0 Å². The maximum Gasteiger partial charge on any atom is 0.136 e. The van der Waals surface area contributed by atoms with Gasteiger partial charge in [-0.3, -0.25) is 5.32 Å². The molecule has 5 heterocycles. The second-order valence-corrected chi connectivity index (χ2v) is 19.4. The van der Waals surface area contributed by atoms with E-state index >= 15 is 0 Å². The van der Waals surface area contributed by atoms with Crippen molar-refractivity contribution in [1.82, 2.24) is 15.2 Å². The predicted molar refractivity (Wildman–Crippen MR) is 290 cm³/mol. The Balaban J connectivity index is 0.842. The number of nitrogens with one attached hydrogen (secondary N) is 2. The number of aromatic nitrogens is 1. The van der Waals surface area contributed by atoms with Crippen LogP contribution in [0.1, 0.15) is 29.0 Å². The minimum Gasteiger partial charge on any atom is -0.456 e. The van der Waals surface area contributed by atoms with Gasteiger partial charge in [0.2, 0.25) is 0 Å². The van der Waals surface area contributed by atoms with Crippen LogP contribution in [0.4, 0.5) is 0 Å². The molecule has 6 nitrogen and oxygen atoms in total. The zero-order chi connectivity index (χ0) is 45.9. The van der Waals surface area contributed by atoms with E-state index in [2.05, 4.69) is 221 Å². The van der Waals surface area contributed by atoms with Crippen LogP contribution in [0.25, 0.3) is 114 Å². The lowest BCUT2D eigenvalue weighted by Gasteiger charge is -2.32. The first-order chi connectivity index (χ1) is 34.7. The van der Waals surface area contributed by atoms with Crippen molar-refractivity contribution in [2.45, 2.75) is 12.3 Å². The van der Waals surface area contributed by atoms with Gasteiger partial charge in [-0.1, -0.05) is 133 Å². The van der Waals surface area contributed by atoms with E-state index in [4.69, 9.17) is 13.8 Å². The molecule has 0 spiro atoms. The first-order valence-corrected chi connectivity index (χ1v) is 24.6. The van der Waals surface area contributed by atoms with E-state index in [0.717, 1.165) is 83.2 Å². The molecule has 0 saturated carbocycles. The Morgan fingerprint density at radius 3 is 2.00 bits per heavy atom. The van der Waals surface area contributed by atoms with E-state index in [1.54, 1.807) is 0 Å². The van der Waals surface area contributed by atoms with Crippen LogP contribution in [-0.2, 0) is 0 Å². The van der Waals surface area contributed by atoms with Crippen LogP contribution in [-0.4, -0.2) is 10.4 Å². The largest absolute Gasteiger partial charge is 0.456 e. The molecule has 14 aromatic rings. The Labute approximate surface area is 405 Å². The first kappa shape index (κ1) is 39.3. The summed E-state index contributed by atoms with van der Waals surface area (Å²) in [6.07, 6.45) is -0.527. The molecule has 7 heteroatoms. The third-order valence-electron chi connectivity index (χ3n) is 14.3. The summed E-state index contributed by atoms with van der Waals surface area (Å²) in [7, 11) is 0. The monoisotopic (exact) mass is 916 g/mol. The molecule has 330 valence electrons. The number of hydrogen-bond donors (Lipinski definition) is 2. The molecule has 2 unspecified atom stereocenters. The first-order valence-electron chi connectivity index (χ1n) is 23.7. The molecule has 2 N–H and O–H groups in total. The standard InChI is InChI=1S/C63H40N4O2S/c1-3-13-37(14-4-1)61-64-62(41-25-29-46-45-18-8-10-22-53(45)69-56(46)36-41)66-63(65-61)47-20-12-24-58-60(47)50-35-40(28-32-57(50)70-58)43-19-11-23-55-59(43)49-34-39(27-31-54(49)68-55)38-26-30-52-48(33-38)44-17-7-9-21-51(44)67(52)42-15-5-2-6-16-42/h1-36,61,63,65H,(H,64,66). The Bertz CT molecular complexity index is 4450. The van der Waals surface area contributed by atoms with Crippen LogP contribution in [0.3, 0.4) is 0 Å². The summed E-state index contributed by atoms with van der Waals surface area (Å²) in [5.74, 6) is 0.814. The summed E-state index contributed by atoms with van der Waals surface area (Å²) in [6.45, 7) is 0. The summed E-state index contributed by atoms with van der Waals surface area (Å²) in [6, 6.07) is 78.0. The smallest absolute Gasteiger partial charge is 0.136 e. The highest BCUT2D eigenvalue weighted by Gasteiger charge is 2.28. The fourth-order valence-electron chi connectivity index (χ4n) is 11.1. The van der Waals surface area contributed by atoms with Crippen LogP contribution in [0.2, 0.25) is 0 Å². The molecule has 2 atom stereocenters. The SMILES string of the molecule is c1ccc(C2N=C(c3ccc4c(c3)oc3ccccc34)NC(c3cccc4sc5ccc(-c6cccc7oc8ccc(-c9ccc%10c(c9)c9ccccc9n%10-c9ccccc9)cc8c67)cc5c34)N2)cc1. The van der Waals surface area contributed by atoms with Gasteiger partial charge in [0.1, 0.15) is 40.5 Å². The van der Waals surface area contributed by atoms with Gasteiger partial charge in [0.15, 0.2) is 0 Å². The van der Waals surface area contributed by atoms with E-state index in [0.29, 0.717) is 0 Å². The van der Waals surface area contributed by atoms with Crippen molar-refractivity contribution in [2.75, 3.05) is 0 Å². The van der Waals surface area contributed by atoms with E-state index in [-0.39, 0.29) is 12.3 Å². The van der Waals surface area contributed by atoms with Gasteiger partial charge in [0.25, 0.3) is 0 Å². The lowest BCUT2D eigenvalue weighted by Crippen LogP contribution is -2.45. The predicted octanol–water partition coefficient (Wildman–Crippen LogP) is 16.6.